The molecule has 2 N–H and O–H groups in total. The van der Waals surface area contributed by atoms with Crippen LogP contribution in [0.25, 0.3) is 6.08 Å². The number of nitrogens with one attached hydrogen (secondary N) is 1. The maximum absolute atomic E-state index is 11.6. The third-order valence-corrected chi connectivity index (χ3v) is 2.27. The molecule has 0 aliphatic rings. The number of hydrogen-bond acceptors (Lipinski definition) is 3. The van der Waals surface area contributed by atoms with Crippen LogP contribution in [0.4, 0.5) is 5.69 Å². The molecule has 19 heavy (non-hydrogen) atoms. The summed E-state index contributed by atoms with van der Waals surface area (Å²) in [7, 11) is 0. The predicted octanol–water partition coefficient (Wildman–Crippen LogP) is 2.15. The Morgan fingerprint density at radius 2 is 2.21 bits per heavy atom. The molecule has 102 valence electrons. The summed E-state index contributed by atoms with van der Waals surface area (Å²) in [6.07, 6.45) is 2.82. The van der Waals surface area contributed by atoms with Gasteiger partial charge in [-0.05, 0) is 30.7 Å². The van der Waals surface area contributed by atoms with Crippen molar-refractivity contribution in [2.45, 2.75) is 13.3 Å². The van der Waals surface area contributed by atoms with Crippen LogP contribution in [-0.4, -0.2) is 30.2 Å². The Morgan fingerprint density at radius 1 is 1.42 bits per heavy atom. The Balaban J connectivity index is 2.56. The number of hydrogen-bond donors (Lipinski definition) is 2. The normalized spacial score (nSPS) is 10.6. The van der Waals surface area contributed by atoms with Crippen LogP contribution in [-0.2, 0) is 14.3 Å². The van der Waals surface area contributed by atoms with Gasteiger partial charge in [0.25, 0.3) is 0 Å². The van der Waals surface area contributed by atoms with Crippen molar-refractivity contribution in [3.05, 3.63) is 35.9 Å². The molecule has 5 heteroatoms. The first-order valence-electron chi connectivity index (χ1n) is 6.00. The van der Waals surface area contributed by atoms with Crippen LogP contribution in [0.1, 0.15) is 18.9 Å². The van der Waals surface area contributed by atoms with Crippen molar-refractivity contribution in [1.29, 1.82) is 0 Å². The van der Waals surface area contributed by atoms with Crippen LogP contribution < -0.4 is 5.32 Å². The second-order valence-electron chi connectivity index (χ2n) is 3.79. The van der Waals surface area contributed by atoms with E-state index in [-0.39, 0.29) is 5.91 Å². The predicted molar refractivity (Wildman–Crippen MR) is 72.9 cm³/mol. The summed E-state index contributed by atoms with van der Waals surface area (Å²) in [5, 5.41) is 11.3. The first-order chi connectivity index (χ1) is 9.11. The van der Waals surface area contributed by atoms with Crippen LogP contribution >= 0.6 is 0 Å². The molecule has 0 saturated heterocycles. The van der Waals surface area contributed by atoms with Crippen molar-refractivity contribution in [3.63, 3.8) is 0 Å². The highest BCUT2D eigenvalue weighted by molar-refractivity contribution is 5.91. The smallest absolute Gasteiger partial charge is 0.328 e. The van der Waals surface area contributed by atoms with E-state index in [1.54, 1.807) is 24.3 Å². The van der Waals surface area contributed by atoms with Gasteiger partial charge in [-0.1, -0.05) is 12.1 Å². The highest BCUT2D eigenvalue weighted by Gasteiger charge is 2.02. The van der Waals surface area contributed by atoms with Gasteiger partial charge < -0.3 is 15.2 Å². The zero-order chi connectivity index (χ0) is 14.1. The van der Waals surface area contributed by atoms with Gasteiger partial charge >= 0.3 is 5.97 Å². The first kappa shape index (κ1) is 14.9. The molecule has 1 aromatic rings. The molecule has 0 atom stereocenters. The fourth-order valence-electron chi connectivity index (χ4n) is 1.42. The van der Waals surface area contributed by atoms with Crippen LogP contribution in [0.5, 0.6) is 0 Å². The van der Waals surface area contributed by atoms with E-state index in [1.165, 1.54) is 6.08 Å². The highest BCUT2D eigenvalue weighted by atomic mass is 16.5. The summed E-state index contributed by atoms with van der Waals surface area (Å²) in [4.78, 5) is 22.0. The number of rotatable bonds is 7. The number of ether oxygens (including phenoxy) is 1. The highest BCUT2D eigenvalue weighted by Crippen LogP contribution is 2.12. The minimum atomic E-state index is -1.01. The largest absolute Gasteiger partial charge is 0.478 e. The quantitative estimate of drug-likeness (QED) is 0.584. The molecule has 0 aliphatic heterocycles. The van der Waals surface area contributed by atoms with Crippen LogP contribution in [0.2, 0.25) is 0 Å². The van der Waals surface area contributed by atoms with Crippen molar-refractivity contribution in [1.82, 2.24) is 0 Å². The molecule has 0 fully saturated rings. The maximum atomic E-state index is 11.6. The van der Waals surface area contributed by atoms with E-state index in [1.807, 2.05) is 6.92 Å². The molecule has 0 saturated carbocycles. The van der Waals surface area contributed by atoms with Gasteiger partial charge in [0.2, 0.25) is 5.91 Å². The average molecular weight is 263 g/mol. The van der Waals surface area contributed by atoms with E-state index in [2.05, 4.69) is 5.32 Å². The summed E-state index contributed by atoms with van der Waals surface area (Å²) in [6.45, 7) is 2.85. The monoisotopic (exact) mass is 263 g/mol. The topological polar surface area (TPSA) is 75.6 Å². The first-order valence-corrected chi connectivity index (χ1v) is 6.00. The van der Waals surface area contributed by atoms with Crippen molar-refractivity contribution in [2.75, 3.05) is 18.5 Å². The number of amides is 1. The molecule has 0 radical (unpaired) electrons. The molecular weight excluding hydrogens is 246 g/mol. The zero-order valence-corrected chi connectivity index (χ0v) is 10.8. The average Bonchev–Trinajstić information content (AvgIpc) is 2.37. The van der Waals surface area contributed by atoms with Crippen LogP contribution in [0, 0.1) is 0 Å². The third-order valence-electron chi connectivity index (χ3n) is 2.27. The number of carbonyl (C=O) groups excluding carboxylic acids is 1. The van der Waals surface area contributed by atoms with Gasteiger partial charge in [-0.25, -0.2) is 4.79 Å². The van der Waals surface area contributed by atoms with E-state index >= 15 is 0 Å². The fourth-order valence-corrected chi connectivity index (χ4v) is 1.42. The molecule has 0 spiro atoms. The Labute approximate surface area is 111 Å². The van der Waals surface area contributed by atoms with Crippen molar-refractivity contribution < 1.29 is 19.4 Å². The molecule has 1 amide bonds. The van der Waals surface area contributed by atoms with Gasteiger partial charge in [0, 0.05) is 18.4 Å². The summed E-state index contributed by atoms with van der Waals surface area (Å²) < 4.78 is 5.09. The lowest BCUT2D eigenvalue weighted by molar-refractivity contribution is -0.131. The van der Waals surface area contributed by atoms with E-state index in [4.69, 9.17) is 9.84 Å². The molecular formula is C14H17NO4. The molecule has 0 unspecified atom stereocenters. The van der Waals surface area contributed by atoms with Crippen molar-refractivity contribution in [2.24, 2.45) is 0 Å². The maximum Gasteiger partial charge on any atom is 0.328 e. The SMILES string of the molecule is CCOCCC(=O)Nc1cccc(/C=C/C(=O)O)c1. The lowest BCUT2D eigenvalue weighted by atomic mass is 10.2. The second-order valence-corrected chi connectivity index (χ2v) is 3.79. The molecule has 0 aromatic heterocycles. The Hall–Kier alpha value is -2.14. The lowest BCUT2D eigenvalue weighted by Crippen LogP contribution is -2.14. The second kappa shape index (κ2) is 8.05. The zero-order valence-electron chi connectivity index (χ0n) is 10.8. The number of carboxylic acids is 1. The number of carbonyl (C=O) groups is 2. The van der Waals surface area contributed by atoms with Gasteiger partial charge in [-0.2, -0.15) is 0 Å². The summed E-state index contributed by atoms with van der Waals surface area (Å²) in [5.41, 5.74) is 1.35. The number of benzene rings is 1. The molecule has 1 rings (SSSR count). The van der Waals surface area contributed by atoms with E-state index in [0.29, 0.717) is 30.9 Å². The summed E-state index contributed by atoms with van der Waals surface area (Å²) >= 11 is 0. The molecule has 0 heterocycles. The van der Waals surface area contributed by atoms with Crippen LogP contribution in [0.15, 0.2) is 30.3 Å². The van der Waals surface area contributed by atoms with Gasteiger partial charge in [0.1, 0.15) is 0 Å². The van der Waals surface area contributed by atoms with Crippen molar-refractivity contribution in [3.8, 4) is 0 Å². The number of carboxylic acid groups (broad SMARTS) is 1. The fraction of sp³-hybridized carbons (Fsp3) is 0.286. The van der Waals surface area contributed by atoms with E-state index in [0.717, 1.165) is 6.08 Å². The standard InChI is InChI=1S/C14H17NO4/c1-2-19-9-8-13(16)15-12-5-3-4-11(10-12)6-7-14(17)18/h3-7,10H,2,8-9H2,1H3,(H,15,16)(H,17,18)/b7-6+. The van der Waals surface area contributed by atoms with E-state index in [9.17, 15) is 9.59 Å². The molecule has 5 nitrogen and oxygen atoms in total. The summed E-state index contributed by atoms with van der Waals surface area (Å²) in [6, 6.07) is 6.96. The van der Waals surface area contributed by atoms with E-state index < -0.39 is 5.97 Å². The number of aliphatic carboxylic acids is 1. The lowest BCUT2D eigenvalue weighted by Gasteiger charge is -2.06. The van der Waals surface area contributed by atoms with Crippen LogP contribution in [0.3, 0.4) is 0 Å². The Kier molecular flexibility index (Phi) is 6.32. The van der Waals surface area contributed by atoms with Gasteiger partial charge in [-0.3, -0.25) is 4.79 Å². The molecule has 0 aliphatic carbocycles. The number of anilines is 1. The van der Waals surface area contributed by atoms with Gasteiger partial charge in [0.15, 0.2) is 0 Å². The van der Waals surface area contributed by atoms with Gasteiger partial charge in [0.05, 0.1) is 13.0 Å². The Bertz CT molecular complexity index is 468. The minimum absolute atomic E-state index is 0.132. The minimum Gasteiger partial charge on any atom is -0.478 e. The molecule has 1 aromatic carbocycles. The Morgan fingerprint density at radius 3 is 2.89 bits per heavy atom. The molecule has 0 bridgehead atoms. The third kappa shape index (κ3) is 6.38. The summed E-state index contributed by atoms with van der Waals surface area (Å²) in [5.74, 6) is -1.14. The van der Waals surface area contributed by atoms with Crippen molar-refractivity contribution >= 4 is 23.6 Å². The van der Waals surface area contributed by atoms with Gasteiger partial charge in [-0.15, -0.1) is 0 Å².